The van der Waals surface area contributed by atoms with E-state index in [2.05, 4.69) is 19.2 Å². The number of nitrogens with one attached hydrogen (secondary N) is 1. The monoisotopic (exact) mass is 349 g/mol. The summed E-state index contributed by atoms with van der Waals surface area (Å²) in [5.41, 5.74) is 0. The lowest BCUT2D eigenvalue weighted by Crippen LogP contribution is -2.45. The Morgan fingerprint density at radius 3 is 2.00 bits per heavy atom. The van der Waals surface area contributed by atoms with Gasteiger partial charge in [0.15, 0.2) is 0 Å². The van der Waals surface area contributed by atoms with Gasteiger partial charge in [0.05, 0.1) is 17.1 Å². The fourth-order valence-corrected chi connectivity index (χ4v) is 8.69. The molecule has 0 radical (unpaired) electrons. The largest absolute Gasteiger partial charge is 0.349 e. The Morgan fingerprint density at radius 2 is 1.55 bits per heavy atom. The van der Waals surface area contributed by atoms with Crippen LogP contribution in [0.5, 0.6) is 0 Å². The summed E-state index contributed by atoms with van der Waals surface area (Å²) in [6.45, 7) is 12.0. The summed E-state index contributed by atoms with van der Waals surface area (Å²) in [5, 5.41) is 3.70. The van der Waals surface area contributed by atoms with Crippen molar-refractivity contribution in [3.63, 3.8) is 0 Å². The summed E-state index contributed by atoms with van der Waals surface area (Å²) in [6, 6.07) is 0. The summed E-state index contributed by atoms with van der Waals surface area (Å²) in [6.07, 6.45) is 5.83. The first-order valence-electron chi connectivity index (χ1n) is 8.53. The molecular weight excluding hydrogens is 317 g/mol. The fourth-order valence-electron chi connectivity index (χ4n) is 3.58. The molecule has 2 aliphatic rings. The minimum absolute atomic E-state index is 0.0444. The zero-order valence-corrected chi connectivity index (χ0v) is 16.6. The van der Waals surface area contributed by atoms with E-state index in [0.29, 0.717) is 0 Å². The normalized spacial score (nSPS) is 27.9. The van der Waals surface area contributed by atoms with Crippen molar-refractivity contribution < 1.29 is 13.6 Å². The Balaban J connectivity index is 2.27. The molecule has 0 aromatic heterocycles. The van der Waals surface area contributed by atoms with Gasteiger partial charge in [0.2, 0.25) is 0 Å². The molecule has 4 nitrogen and oxygen atoms in total. The molecular formula is C16H32NO3PS. The summed E-state index contributed by atoms with van der Waals surface area (Å²) >= 11 is 1.94. The standard InChI is InChI=1S/C16H32NO3PS/c1-12(2)19-21(18,20-13(3)4)14-15(5,6)22-16(17-14)10-8-7-9-11-16/h12-14,17H,7-11H2,1-6H3. The van der Waals surface area contributed by atoms with Crippen LogP contribution in [0.25, 0.3) is 0 Å². The Kier molecular flexibility index (Phi) is 5.77. The van der Waals surface area contributed by atoms with Crippen molar-refractivity contribution in [1.29, 1.82) is 0 Å². The van der Waals surface area contributed by atoms with Gasteiger partial charge >= 0.3 is 7.60 Å². The van der Waals surface area contributed by atoms with Gasteiger partial charge in [-0.1, -0.05) is 19.3 Å². The van der Waals surface area contributed by atoms with Gasteiger partial charge in [0.25, 0.3) is 0 Å². The van der Waals surface area contributed by atoms with Crippen molar-refractivity contribution in [3.05, 3.63) is 0 Å². The summed E-state index contributed by atoms with van der Waals surface area (Å²) in [4.78, 5) is 0.0444. The second-order valence-corrected chi connectivity index (χ2v) is 11.7. The van der Waals surface area contributed by atoms with E-state index < -0.39 is 7.60 Å². The molecule has 1 spiro atoms. The highest BCUT2D eigenvalue weighted by atomic mass is 32.2. The highest BCUT2D eigenvalue weighted by Crippen LogP contribution is 2.65. The maximum atomic E-state index is 13.6. The van der Waals surface area contributed by atoms with Crippen molar-refractivity contribution in [2.45, 2.75) is 101 Å². The molecule has 0 bridgehead atoms. The molecule has 0 aromatic rings. The maximum absolute atomic E-state index is 13.6. The van der Waals surface area contributed by atoms with E-state index in [1.807, 2.05) is 39.5 Å². The molecule has 2 rings (SSSR count). The predicted molar refractivity (Wildman–Crippen MR) is 94.5 cm³/mol. The van der Waals surface area contributed by atoms with Crippen LogP contribution >= 0.6 is 19.4 Å². The first-order valence-corrected chi connectivity index (χ1v) is 11.0. The van der Waals surface area contributed by atoms with E-state index in [1.165, 1.54) is 19.3 Å². The van der Waals surface area contributed by atoms with Crippen LogP contribution in [0.4, 0.5) is 0 Å². The lowest BCUT2D eigenvalue weighted by molar-refractivity contribution is 0.129. The van der Waals surface area contributed by atoms with E-state index in [9.17, 15) is 4.57 Å². The highest BCUT2D eigenvalue weighted by molar-refractivity contribution is 8.02. The average molecular weight is 349 g/mol. The Labute approximate surface area is 140 Å². The molecule has 0 aromatic carbocycles. The minimum atomic E-state index is -3.23. The predicted octanol–water partition coefficient (Wildman–Crippen LogP) is 5.13. The second kappa shape index (κ2) is 6.76. The first-order chi connectivity index (χ1) is 10.1. The highest BCUT2D eigenvalue weighted by Gasteiger charge is 2.58. The molecule has 1 aliphatic heterocycles. The molecule has 1 unspecified atom stereocenters. The van der Waals surface area contributed by atoms with E-state index >= 15 is 0 Å². The number of rotatable bonds is 5. The van der Waals surface area contributed by atoms with Crippen LogP contribution in [0, 0.1) is 0 Å². The number of hydrogen-bond donors (Lipinski definition) is 1. The van der Waals surface area contributed by atoms with Gasteiger partial charge in [0, 0.05) is 4.75 Å². The lowest BCUT2D eigenvalue weighted by atomic mass is 9.94. The Morgan fingerprint density at radius 1 is 1.05 bits per heavy atom. The molecule has 2 fully saturated rings. The molecule has 1 N–H and O–H groups in total. The molecule has 130 valence electrons. The number of thioether (sulfide) groups is 1. The number of hydrogen-bond acceptors (Lipinski definition) is 5. The summed E-state index contributed by atoms with van der Waals surface area (Å²) in [7, 11) is -3.23. The average Bonchev–Trinajstić information content (AvgIpc) is 2.59. The zero-order valence-electron chi connectivity index (χ0n) is 14.8. The van der Waals surface area contributed by atoms with Gasteiger partial charge in [-0.3, -0.25) is 9.88 Å². The first kappa shape index (κ1) is 18.8. The molecule has 1 saturated heterocycles. The molecule has 1 saturated carbocycles. The van der Waals surface area contributed by atoms with Gasteiger partial charge in [-0.25, -0.2) is 0 Å². The fraction of sp³-hybridized carbons (Fsp3) is 1.00. The van der Waals surface area contributed by atoms with Crippen LogP contribution in [-0.4, -0.2) is 27.6 Å². The zero-order chi connectivity index (χ0) is 16.6. The van der Waals surface area contributed by atoms with E-state index in [0.717, 1.165) is 12.8 Å². The molecule has 1 atom stereocenters. The molecule has 22 heavy (non-hydrogen) atoms. The summed E-state index contributed by atoms with van der Waals surface area (Å²) in [5.74, 6) is -0.257. The maximum Gasteiger partial charge on any atom is 0.349 e. The van der Waals surface area contributed by atoms with Crippen LogP contribution in [-0.2, 0) is 13.6 Å². The van der Waals surface area contributed by atoms with Crippen molar-refractivity contribution in [2.24, 2.45) is 0 Å². The van der Waals surface area contributed by atoms with Gasteiger partial charge in [-0.15, -0.1) is 11.8 Å². The molecule has 1 heterocycles. The third-order valence-electron chi connectivity index (χ3n) is 4.21. The van der Waals surface area contributed by atoms with Gasteiger partial charge < -0.3 is 9.05 Å². The third-order valence-corrected chi connectivity index (χ3v) is 8.90. The van der Waals surface area contributed by atoms with E-state index in [1.54, 1.807) is 0 Å². The smallest absolute Gasteiger partial charge is 0.305 e. The van der Waals surface area contributed by atoms with Crippen molar-refractivity contribution in [3.8, 4) is 0 Å². The molecule has 0 amide bonds. The quantitative estimate of drug-likeness (QED) is 0.697. The van der Waals surface area contributed by atoms with Gasteiger partial charge in [-0.05, 0) is 54.4 Å². The Hall–Kier alpha value is 0.460. The Bertz CT molecular complexity index is 419. The van der Waals surface area contributed by atoms with Crippen molar-refractivity contribution in [2.75, 3.05) is 0 Å². The van der Waals surface area contributed by atoms with Crippen LogP contribution in [0.3, 0.4) is 0 Å². The molecule has 6 heteroatoms. The molecule has 1 aliphatic carbocycles. The SMILES string of the molecule is CC(C)OP(=O)(OC(C)C)C1NC2(CCCCC2)SC1(C)C. The minimum Gasteiger partial charge on any atom is -0.305 e. The van der Waals surface area contributed by atoms with Crippen LogP contribution < -0.4 is 5.32 Å². The van der Waals surface area contributed by atoms with Crippen LogP contribution in [0.15, 0.2) is 0 Å². The second-order valence-electron chi connectivity index (χ2n) is 7.66. The van der Waals surface area contributed by atoms with Gasteiger partial charge in [0.1, 0.15) is 5.78 Å². The van der Waals surface area contributed by atoms with Crippen LogP contribution in [0.2, 0.25) is 0 Å². The van der Waals surface area contributed by atoms with E-state index in [-0.39, 0.29) is 27.6 Å². The lowest BCUT2D eigenvalue weighted by Gasteiger charge is -2.35. The van der Waals surface area contributed by atoms with E-state index in [4.69, 9.17) is 9.05 Å². The third kappa shape index (κ3) is 4.10. The van der Waals surface area contributed by atoms with Crippen molar-refractivity contribution >= 4 is 19.4 Å². The van der Waals surface area contributed by atoms with Crippen molar-refractivity contribution in [1.82, 2.24) is 5.32 Å². The van der Waals surface area contributed by atoms with Gasteiger partial charge in [-0.2, -0.15) is 0 Å². The van der Waals surface area contributed by atoms with Crippen LogP contribution in [0.1, 0.15) is 73.6 Å². The summed E-state index contributed by atoms with van der Waals surface area (Å²) < 4.78 is 25.1. The topological polar surface area (TPSA) is 47.6 Å².